The van der Waals surface area contributed by atoms with Crippen LogP contribution in [0.1, 0.15) is 22.3 Å². The molecule has 0 radical (unpaired) electrons. The van der Waals surface area contributed by atoms with E-state index in [4.69, 9.17) is 0 Å². The van der Waals surface area contributed by atoms with Gasteiger partial charge in [-0.1, -0.05) is 12.1 Å². The lowest BCUT2D eigenvalue weighted by Gasteiger charge is -2.18. The zero-order valence-electron chi connectivity index (χ0n) is 7.25. The first-order chi connectivity index (χ1) is 5.92. The number of aryl methyl sites for hydroxylation is 1. The molecule has 1 aromatic carbocycles. The average molecular weight is 198 g/mol. The van der Waals surface area contributed by atoms with Crippen LogP contribution < -0.4 is 5.32 Å². The van der Waals surface area contributed by atoms with Crippen LogP contribution in [-0.2, 0) is 6.42 Å². The van der Waals surface area contributed by atoms with Gasteiger partial charge in [-0.2, -0.15) is 0 Å². The van der Waals surface area contributed by atoms with Gasteiger partial charge in [-0.3, -0.25) is 4.79 Å². The van der Waals surface area contributed by atoms with E-state index in [0.717, 1.165) is 36.9 Å². The van der Waals surface area contributed by atoms with E-state index in [2.05, 4.69) is 11.4 Å². The number of para-hydroxylation sites is 1. The second-order valence-corrected chi connectivity index (χ2v) is 3.03. The van der Waals surface area contributed by atoms with Crippen molar-refractivity contribution in [2.75, 3.05) is 11.9 Å². The summed E-state index contributed by atoms with van der Waals surface area (Å²) in [6.45, 7) is 0.984. The second kappa shape index (κ2) is 4.28. The predicted molar refractivity (Wildman–Crippen MR) is 55.9 cm³/mol. The van der Waals surface area contributed by atoms with Gasteiger partial charge >= 0.3 is 0 Å². The molecule has 0 amide bonds. The van der Waals surface area contributed by atoms with E-state index in [1.807, 2.05) is 12.1 Å². The quantitative estimate of drug-likeness (QED) is 0.700. The third kappa shape index (κ3) is 1.83. The molecule has 0 bridgehead atoms. The van der Waals surface area contributed by atoms with Crippen LogP contribution in [0.2, 0.25) is 0 Å². The summed E-state index contributed by atoms with van der Waals surface area (Å²) in [6.07, 6.45) is 3.16. The summed E-state index contributed by atoms with van der Waals surface area (Å²) >= 11 is 0. The highest BCUT2D eigenvalue weighted by Gasteiger charge is 2.10. The van der Waals surface area contributed by atoms with Crippen molar-refractivity contribution in [1.29, 1.82) is 0 Å². The van der Waals surface area contributed by atoms with Crippen LogP contribution in [0, 0.1) is 0 Å². The highest BCUT2D eigenvalue weighted by atomic mass is 35.5. The molecule has 13 heavy (non-hydrogen) atoms. The number of halogens is 1. The van der Waals surface area contributed by atoms with Crippen molar-refractivity contribution in [2.24, 2.45) is 0 Å². The SMILES string of the molecule is Cl.O=Cc1cccc2c1NCCC2. The maximum Gasteiger partial charge on any atom is 0.152 e. The van der Waals surface area contributed by atoms with Gasteiger partial charge in [0.2, 0.25) is 0 Å². The summed E-state index contributed by atoms with van der Waals surface area (Å²) < 4.78 is 0. The molecular formula is C10H12ClNO. The van der Waals surface area contributed by atoms with Gasteiger partial charge in [0.15, 0.2) is 6.29 Å². The summed E-state index contributed by atoms with van der Waals surface area (Å²) in [4.78, 5) is 10.6. The van der Waals surface area contributed by atoms with Crippen LogP contribution in [0.4, 0.5) is 5.69 Å². The second-order valence-electron chi connectivity index (χ2n) is 3.03. The normalized spacial score (nSPS) is 13.5. The molecule has 0 spiro atoms. The van der Waals surface area contributed by atoms with Gasteiger partial charge in [-0.05, 0) is 24.5 Å². The standard InChI is InChI=1S/C10H11NO.ClH/c12-7-9-4-1-3-8-5-2-6-11-10(8)9;/h1,3-4,7,11H,2,5-6H2;1H. The fourth-order valence-corrected chi connectivity index (χ4v) is 1.63. The molecular weight excluding hydrogens is 186 g/mol. The van der Waals surface area contributed by atoms with Gasteiger partial charge in [-0.15, -0.1) is 12.4 Å². The number of carbonyl (C=O) groups excluding carboxylic acids is 1. The number of benzene rings is 1. The van der Waals surface area contributed by atoms with Gasteiger partial charge < -0.3 is 5.32 Å². The van der Waals surface area contributed by atoms with E-state index in [1.165, 1.54) is 5.56 Å². The smallest absolute Gasteiger partial charge is 0.152 e. The molecule has 1 heterocycles. The first-order valence-electron chi connectivity index (χ1n) is 4.23. The van der Waals surface area contributed by atoms with Crippen LogP contribution in [0.25, 0.3) is 0 Å². The Morgan fingerprint density at radius 3 is 3.00 bits per heavy atom. The summed E-state index contributed by atoms with van der Waals surface area (Å²) in [5.74, 6) is 0. The third-order valence-electron chi connectivity index (χ3n) is 2.23. The molecule has 2 nitrogen and oxygen atoms in total. The van der Waals surface area contributed by atoms with E-state index >= 15 is 0 Å². The van der Waals surface area contributed by atoms with Crippen LogP contribution in [0.5, 0.6) is 0 Å². The number of rotatable bonds is 1. The van der Waals surface area contributed by atoms with Crippen molar-refractivity contribution in [3.8, 4) is 0 Å². The van der Waals surface area contributed by atoms with Crippen molar-refractivity contribution < 1.29 is 4.79 Å². The number of nitrogens with one attached hydrogen (secondary N) is 1. The molecule has 1 aromatic rings. The molecule has 2 rings (SSSR count). The van der Waals surface area contributed by atoms with E-state index in [9.17, 15) is 4.79 Å². The third-order valence-corrected chi connectivity index (χ3v) is 2.23. The Labute approximate surface area is 83.7 Å². The highest BCUT2D eigenvalue weighted by Crippen LogP contribution is 2.24. The summed E-state index contributed by atoms with van der Waals surface area (Å²) in [5.41, 5.74) is 3.09. The van der Waals surface area contributed by atoms with Crippen molar-refractivity contribution in [3.05, 3.63) is 29.3 Å². The van der Waals surface area contributed by atoms with E-state index in [-0.39, 0.29) is 12.4 Å². The molecule has 0 aromatic heterocycles. The first-order valence-corrected chi connectivity index (χ1v) is 4.23. The number of hydrogen-bond donors (Lipinski definition) is 1. The molecule has 0 unspecified atom stereocenters. The summed E-state index contributed by atoms with van der Waals surface area (Å²) in [6, 6.07) is 5.87. The van der Waals surface area contributed by atoms with Gasteiger partial charge in [0.25, 0.3) is 0 Å². The number of anilines is 1. The van der Waals surface area contributed by atoms with Crippen LogP contribution in [0.3, 0.4) is 0 Å². The van der Waals surface area contributed by atoms with Gasteiger partial charge in [-0.25, -0.2) is 0 Å². The Bertz CT molecular complexity index is 312. The zero-order chi connectivity index (χ0) is 8.39. The molecule has 1 N–H and O–H groups in total. The fraction of sp³-hybridized carbons (Fsp3) is 0.300. The molecule has 3 heteroatoms. The Morgan fingerprint density at radius 2 is 2.23 bits per heavy atom. The van der Waals surface area contributed by atoms with Crippen LogP contribution >= 0.6 is 12.4 Å². The Morgan fingerprint density at radius 1 is 1.38 bits per heavy atom. The minimum absolute atomic E-state index is 0. The van der Waals surface area contributed by atoms with Crippen molar-refractivity contribution >= 4 is 24.4 Å². The molecule has 0 saturated heterocycles. The van der Waals surface area contributed by atoms with E-state index in [1.54, 1.807) is 0 Å². The van der Waals surface area contributed by atoms with E-state index < -0.39 is 0 Å². The zero-order valence-corrected chi connectivity index (χ0v) is 8.06. The molecule has 0 atom stereocenters. The Kier molecular flexibility index (Phi) is 3.32. The highest BCUT2D eigenvalue weighted by molar-refractivity contribution is 5.86. The lowest BCUT2D eigenvalue weighted by molar-refractivity contribution is 0.112. The summed E-state index contributed by atoms with van der Waals surface area (Å²) in [7, 11) is 0. The molecule has 1 aliphatic rings. The predicted octanol–water partition coefficient (Wildman–Crippen LogP) is 2.28. The van der Waals surface area contributed by atoms with Crippen molar-refractivity contribution in [2.45, 2.75) is 12.8 Å². The number of fused-ring (bicyclic) bond motifs is 1. The first kappa shape index (κ1) is 10.1. The molecule has 0 fully saturated rings. The van der Waals surface area contributed by atoms with Crippen LogP contribution in [0.15, 0.2) is 18.2 Å². The van der Waals surface area contributed by atoms with Crippen molar-refractivity contribution in [1.82, 2.24) is 0 Å². The Hall–Kier alpha value is -1.02. The summed E-state index contributed by atoms with van der Waals surface area (Å²) in [5, 5.41) is 3.25. The van der Waals surface area contributed by atoms with Crippen LogP contribution in [-0.4, -0.2) is 12.8 Å². The van der Waals surface area contributed by atoms with Gasteiger partial charge in [0.05, 0.1) is 0 Å². The lowest BCUT2D eigenvalue weighted by atomic mass is 10.0. The minimum atomic E-state index is 0. The van der Waals surface area contributed by atoms with Crippen molar-refractivity contribution in [3.63, 3.8) is 0 Å². The largest absolute Gasteiger partial charge is 0.384 e. The fourth-order valence-electron chi connectivity index (χ4n) is 1.63. The Balaban J connectivity index is 0.000000845. The maximum atomic E-state index is 10.6. The topological polar surface area (TPSA) is 29.1 Å². The molecule has 70 valence electrons. The maximum absolute atomic E-state index is 10.6. The lowest BCUT2D eigenvalue weighted by Crippen LogP contribution is -2.13. The van der Waals surface area contributed by atoms with Gasteiger partial charge in [0.1, 0.15) is 0 Å². The number of carbonyl (C=O) groups is 1. The number of hydrogen-bond acceptors (Lipinski definition) is 2. The number of aldehydes is 1. The average Bonchev–Trinajstić information content (AvgIpc) is 2.17. The molecule has 0 aliphatic carbocycles. The van der Waals surface area contributed by atoms with E-state index in [0.29, 0.717) is 0 Å². The minimum Gasteiger partial charge on any atom is -0.384 e. The molecule has 0 saturated carbocycles. The monoisotopic (exact) mass is 197 g/mol. The van der Waals surface area contributed by atoms with Gasteiger partial charge in [0, 0.05) is 17.8 Å². The molecule has 1 aliphatic heterocycles.